The quantitative estimate of drug-likeness (QED) is 0.775. The summed E-state index contributed by atoms with van der Waals surface area (Å²) in [5.41, 5.74) is 1.01. The predicted octanol–water partition coefficient (Wildman–Crippen LogP) is 1.67. The zero-order valence-corrected chi connectivity index (χ0v) is 11.4. The minimum atomic E-state index is -0.218. The van der Waals surface area contributed by atoms with Crippen molar-refractivity contribution in [3.05, 3.63) is 35.9 Å². The number of benzene rings is 1. The van der Waals surface area contributed by atoms with Crippen LogP contribution < -0.4 is 0 Å². The third-order valence-electron chi connectivity index (χ3n) is 3.44. The van der Waals surface area contributed by atoms with Crippen molar-refractivity contribution >= 4 is 5.97 Å². The van der Waals surface area contributed by atoms with Gasteiger partial charge in [-0.2, -0.15) is 0 Å². The van der Waals surface area contributed by atoms with E-state index in [9.17, 15) is 4.79 Å². The smallest absolute Gasteiger partial charge is 0.314 e. The summed E-state index contributed by atoms with van der Waals surface area (Å²) >= 11 is 0. The first-order chi connectivity index (χ1) is 9.31. The molecule has 1 fully saturated rings. The molecule has 1 aliphatic rings. The molecule has 2 rings (SSSR count). The molecule has 4 heteroatoms. The Morgan fingerprint density at radius 2 is 2.11 bits per heavy atom. The highest BCUT2D eigenvalue weighted by Crippen LogP contribution is 2.19. The van der Waals surface area contributed by atoms with E-state index in [2.05, 4.69) is 4.90 Å². The number of rotatable bonds is 4. The summed E-state index contributed by atoms with van der Waals surface area (Å²) < 4.78 is 10.4. The second-order valence-corrected chi connectivity index (χ2v) is 4.75. The molecule has 104 valence electrons. The van der Waals surface area contributed by atoms with Crippen molar-refractivity contribution in [2.45, 2.75) is 12.3 Å². The van der Waals surface area contributed by atoms with Crippen molar-refractivity contribution in [2.75, 3.05) is 40.0 Å². The van der Waals surface area contributed by atoms with E-state index < -0.39 is 0 Å². The zero-order chi connectivity index (χ0) is 13.5. The molecule has 1 aromatic rings. The first-order valence-electron chi connectivity index (χ1n) is 6.74. The number of ether oxygens (including phenoxy) is 2. The predicted molar refractivity (Wildman–Crippen MR) is 73.1 cm³/mol. The Labute approximate surface area is 114 Å². The third kappa shape index (κ3) is 4.04. The minimum absolute atomic E-state index is 0.170. The molecular weight excluding hydrogens is 242 g/mol. The van der Waals surface area contributed by atoms with Crippen molar-refractivity contribution in [1.82, 2.24) is 4.90 Å². The summed E-state index contributed by atoms with van der Waals surface area (Å²) in [4.78, 5) is 14.3. The summed E-state index contributed by atoms with van der Waals surface area (Å²) in [7, 11) is 1.45. The SMILES string of the molecule is COC(=O)C(CN1CCCOCC1)c1ccccc1. The molecule has 0 saturated carbocycles. The first-order valence-corrected chi connectivity index (χ1v) is 6.74. The fourth-order valence-corrected chi connectivity index (χ4v) is 2.38. The molecule has 0 N–H and O–H groups in total. The number of carbonyl (C=O) groups is 1. The van der Waals surface area contributed by atoms with E-state index in [1.165, 1.54) is 7.11 Å². The summed E-state index contributed by atoms with van der Waals surface area (Å²) in [6, 6.07) is 9.83. The highest BCUT2D eigenvalue weighted by Gasteiger charge is 2.24. The van der Waals surface area contributed by atoms with Gasteiger partial charge in [-0.1, -0.05) is 30.3 Å². The number of carbonyl (C=O) groups excluding carboxylic acids is 1. The van der Waals surface area contributed by atoms with E-state index in [-0.39, 0.29) is 11.9 Å². The molecule has 0 spiro atoms. The van der Waals surface area contributed by atoms with E-state index in [0.29, 0.717) is 6.54 Å². The van der Waals surface area contributed by atoms with Gasteiger partial charge < -0.3 is 9.47 Å². The van der Waals surface area contributed by atoms with Crippen LogP contribution in [0.2, 0.25) is 0 Å². The highest BCUT2D eigenvalue weighted by atomic mass is 16.5. The van der Waals surface area contributed by atoms with E-state index in [1.807, 2.05) is 30.3 Å². The molecule has 1 unspecified atom stereocenters. The van der Waals surface area contributed by atoms with E-state index in [0.717, 1.165) is 38.3 Å². The molecule has 19 heavy (non-hydrogen) atoms. The summed E-state index contributed by atoms with van der Waals surface area (Å²) in [5.74, 6) is -0.388. The maximum absolute atomic E-state index is 12.0. The van der Waals surface area contributed by atoms with E-state index in [1.54, 1.807) is 0 Å². The van der Waals surface area contributed by atoms with Crippen molar-refractivity contribution < 1.29 is 14.3 Å². The van der Waals surface area contributed by atoms with Gasteiger partial charge in [0.25, 0.3) is 0 Å². The second kappa shape index (κ2) is 7.26. The molecule has 0 aliphatic carbocycles. The first kappa shape index (κ1) is 14.0. The molecule has 1 aromatic carbocycles. The Hall–Kier alpha value is -1.39. The summed E-state index contributed by atoms with van der Waals surface area (Å²) in [6.07, 6.45) is 1.02. The van der Waals surface area contributed by atoms with Gasteiger partial charge in [0.15, 0.2) is 0 Å². The third-order valence-corrected chi connectivity index (χ3v) is 3.44. The van der Waals surface area contributed by atoms with Crippen LogP contribution in [-0.2, 0) is 14.3 Å². The molecule has 1 atom stereocenters. The fraction of sp³-hybridized carbons (Fsp3) is 0.533. The van der Waals surface area contributed by atoms with Gasteiger partial charge in [0, 0.05) is 26.2 Å². The number of hydrogen-bond acceptors (Lipinski definition) is 4. The molecule has 0 amide bonds. The van der Waals surface area contributed by atoms with Crippen LogP contribution in [0.15, 0.2) is 30.3 Å². The Kier molecular flexibility index (Phi) is 5.36. The Morgan fingerprint density at radius 1 is 1.32 bits per heavy atom. The molecule has 1 aliphatic heterocycles. The van der Waals surface area contributed by atoms with Crippen molar-refractivity contribution in [1.29, 1.82) is 0 Å². The normalized spacial score (nSPS) is 18.6. The maximum Gasteiger partial charge on any atom is 0.314 e. The molecule has 1 saturated heterocycles. The van der Waals surface area contributed by atoms with Gasteiger partial charge in [0.1, 0.15) is 0 Å². The minimum Gasteiger partial charge on any atom is -0.469 e. The maximum atomic E-state index is 12.0. The standard InChI is InChI=1S/C15H21NO3/c1-18-15(17)14(13-6-3-2-4-7-13)12-16-8-5-10-19-11-9-16/h2-4,6-7,14H,5,8-12H2,1H3. The van der Waals surface area contributed by atoms with E-state index >= 15 is 0 Å². The van der Waals surface area contributed by atoms with Crippen LogP contribution in [0.25, 0.3) is 0 Å². The molecule has 1 heterocycles. The Morgan fingerprint density at radius 3 is 2.84 bits per heavy atom. The van der Waals surface area contributed by atoms with Gasteiger partial charge in [-0.05, 0) is 12.0 Å². The number of esters is 1. The fourth-order valence-electron chi connectivity index (χ4n) is 2.38. The van der Waals surface area contributed by atoms with Crippen LogP contribution in [0.3, 0.4) is 0 Å². The largest absolute Gasteiger partial charge is 0.469 e. The summed E-state index contributed by atoms with van der Waals surface area (Å²) in [6.45, 7) is 4.09. The van der Waals surface area contributed by atoms with Gasteiger partial charge in [-0.3, -0.25) is 9.69 Å². The zero-order valence-electron chi connectivity index (χ0n) is 11.4. The van der Waals surface area contributed by atoms with Crippen LogP contribution in [0.1, 0.15) is 17.9 Å². The van der Waals surface area contributed by atoms with Crippen molar-refractivity contribution in [3.8, 4) is 0 Å². The second-order valence-electron chi connectivity index (χ2n) is 4.75. The van der Waals surface area contributed by atoms with Crippen LogP contribution in [0, 0.1) is 0 Å². The van der Waals surface area contributed by atoms with Gasteiger partial charge in [-0.25, -0.2) is 0 Å². The van der Waals surface area contributed by atoms with Crippen LogP contribution in [0.5, 0.6) is 0 Å². The van der Waals surface area contributed by atoms with Crippen molar-refractivity contribution in [2.24, 2.45) is 0 Å². The van der Waals surface area contributed by atoms with Crippen LogP contribution >= 0.6 is 0 Å². The lowest BCUT2D eigenvalue weighted by Crippen LogP contribution is -2.34. The number of methoxy groups -OCH3 is 1. The average Bonchev–Trinajstić information content (AvgIpc) is 2.73. The van der Waals surface area contributed by atoms with Crippen LogP contribution in [-0.4, -0.2) is 50.8 Å². The Balaban J connectivity index is 2.07. The van der Waals surface area contributed by atoms with Crippen LogP contribution in [0.4, 0.5) is 0 Å². The number of nitrogens with zero attached hydrogens (tertiary/aromatic N) is 1. The monoisotopic (exact) mass is 263 g/mol. The molecule has 0 radical (unpaired) electrons. The lowest BCUT2D eigenvalue weighted by atomic mass is 9.98. The lowest BCUT2D eigenvalue weighted by Gasteiger charge is -2.24. The highest BCUT2D eigenvalue weighted by molar-refractivity contribution is 5.78. The van der Waals surface area contributed by atoms with Gasteiger partial charge in [0.05, 0.1) is 19.6 Å². The van der Waals surface area contributed by atoms with Gasteiger partial charge in [0.2, 0.25) is 0 Å². The van der Waals surface area contributed by atoms with Gasteiger partial charge >= 0.3 is 5.97 Å². The van der Waals surface area contributed by atoms with E-state index in [4.69, 9.17) is 9.47 Å². The van der Waals surface area contributed by atoms with Crippen molar-refractivity contribution in [3.63, 3.8) is 0 Å². The van der Waals surface area contributed by atoms with Gasteiger partial charge in [-0.15, -0.1) is 0 Å². The average molecular weight is 263 g/mol. The topological polar surface area (TPSA) is 38.8 Å². The number of hydrogen-bond donors (Lipinski definition) is 0. The Bertz CT molecular complexity index is 386. The lowest BCUT2D eigenvalue weighted by molar-refractivity contribution is -0.143. The molecular formula is C15H21NO3. The molecule has 0 bridgehead atoms. The molecule has 4 nitrogen and oxygen atoms in total. The molecule has 0 aromatic heterocycles. The summed E-state index contributed by atoms with van der Waals surface area (Å²) in [5, 5.41) is 0.